The van der Waals surface area contributed by atoms with Gasteiger partial charge in [0.1, 0.15) is 0 Å². The van der Waals surface area contributed by atoms with E-state index in [1.165, 1.54) is 22.9 Å². The van der Waals surface area contributed by atoms with Crippen LogP contribution in [0.5, 0.6) is 0 Å². The first kappa shape index (κ1) is 26.9. The smallest absolute Gasteiger partial charge is 0.392 e. The Bertz CT molecular complexity index is 1520. The van der Waals surface area contributed by atoms with Crippen molar-refractivity contribution in [3.05, 3.63) is 65.7 Å². The van der Waals surface area contributed by atoms with E-state index in [0.29, 0.717) is 35.1 Å². The van der Waals surface area contributed by atoms with Crippen molar-refractivity contribution in [3.8, 4) is 22.5 Å². The van der Waals surface area contributed by atoms with Crippen molar-refractivity contribution >= 4 is 17.4 Å². The van der Waals surface area contributed by atoms with Gasteiger partial charge in [-0.1, -0.05) is 12.1 Å². The molecule has 38 heavy (non-hydrogen) atoms. The van der Waals surface area contributed by atoms with Gasteiger partial charge in [0.05, 0.1) is 29.9 Å². The molecule has 0 spiro atoms. The van der Waals surface area contributed by atoms with E-state index in [-0.39, 0.29) is 23.6 Å². The summed E-state index contributed by atoms with van der Waals surface area (Å²) in [5.74, 6) is -3.11. The number of nitrogen functional groups attached to an aromatic ring is 1. The van der Waals surface area contributed by atoms with Gasteiger partial charge < -0.3 is 20.7 Å². The van der Waals surface area contributed by atoms with Crippen LogP contribution in [0.25, 0.3) is 28.2 Å². The van der Waals surface area contributed by atoms with E-state index in [9.17, 15) is 37.0 Å². The molecule has 1 atom stereocenters. The highest BCUT2D eigenvalue weighted by Crippen LogP contribution is 2.41. The van der Waals surface area contributed by atoms with Crippen LogP contribution in [-0.2, 0) is 21.7 Å². The zero-order valence-corrected chi connectivity index (χ0v) is 19.8. The summed E-state index contributed by atoms with van der Waals surface area (Å²) in [6, 6.07) is 6.82. The fourth-order valence-corrected chi connectivity index (χ4v) is 3.66. The van der Waals surface area contributed by atoms with Gasteiger partial charge in [-0.2, -0.15) is 22.0 Å². The second kappa shape index (κ2) is 9.29. The SMILES string of the molecule is Cc1ccc(C(C)(O)C(F)(F)OC(=O)C(F)(F)F)cc1-c1cnc2c(N)nc(-c3ccc(CO)nc3)cn12. The average molecular weight is 537 g/mol. The predicted molar refractivity (Wildman–Crippen MR) is 123 cm³/mol. The number of benzene rings is 1. The van der Waals surface area contributed by atoms with E-state index in [4.69, 9.17) is 5.73 Å². The zero-order chi connectivity index (χ0) is 28.0. The molecule has 0 fully saturated rings. The molecule has 0 bridgehead atoms. The number of nitrogens with zero attached hydrogens (tertiary/aromatic N) is 4. The lowest BCUT2D eigenvalue weighted by Gasteiger charge is -2.32. The van der Waals surface area contributed by atoms with Gasteiger partial charge in [-0.05, 0) is 43.2 Å². The number of halogens is 5. The van der Waals surface area contributed by atoms with Crippen LogP contribution >= 0.6 is 0 Å². The molecule has 1 aromatic carbocycles. The van der Waals surface area contributed by atoms with E-state index in [1.54, 1.807) is 25.3 Å². The molecule has 3 heterocycles. The summed E-state index contributed by atoms with van der Waals surface area (Å²) in [5, 5.41) is 19.8. The highest BCUT2D eigenvalue weighted by molar-refractivity contribution is 5.76. The van der Waals surface area contributed by atoms with Crippen LogP contribution in [0.2, 0.25) is 0 Å². The molecule has 1 unspecified atom stereocenters. The minimum absolute atomic E-state index is 0.0337. The van der Waals surface area contributed by atoms with Crippen molar-refractivity contribution in [2.75, 3.05) is 5.73 Å². The molecule has 4 N–H and O–H groups in total. The number of alkyl halides is 5. The number of fused-ring (bicyclic) bond motifs is 1. The molecule has 0 aliphatic carbocycles. The van der Waals surface area contributed by atoms with E-state index >= 15 is 0 Å². The fourth-order valence-electron chi connectivity index (χ4n) is 3.66. The van der Waals surface area contributed by atoms with Crippen LogP contribution in [0.1, 0.15) is 23.7 Å². The number of pyridine rings is 1. The average Bonchev–Trinajstić information content (AvgIpc) is 3.27. The summed E-state index contributed by atoms with van der Waals surface area (Å²) in [4.78, 5) is 23.7. The number of esters is 1. The van der Waals surface area contributed by atoms with Gasteiger partial charge in [-0.25, -0.2) is 14.8 Å². The van der Waals surface area contributed by atoms with E-state index in [2.05, 4.69) is 19.7 Å². The van der Waals surface area contributed by atoms with Crippen molar-refractivity contribution < 1.29 is 41.7 Å². The molecule has 0 radical (unpaired) electrons. The topological polar surface area (TPSA) is 136 Å². The number of hydrogen-bond acceptors (Lipinski definition) is 8. The van der Waals surface area contributed by atoms with Gasteiger partial charge in [-0.3, -0.25) is 9.38 Å². The Morgan fingerprint density at radius 2 is 1.82 bits per heavy atom. The van der Waals surface area contributed by atoms with Gasteiger partial charge >= 0.3 is 18.3 Å². The Morgan fingerprint density at radius 1 is 1.11 bits per heavy atom. The molecule has 9 nitrogen and oxygen atoms in total. The highest BCUT2D eigenvalue weighted by Gasteiger charge is 2.58. The number of aryl methyl sites for hydroxylation is 1. The van der Waals surface area contributed by atoms with Gasteiger partial charge in [-0.15, -0.1) is 0 Å². The number of nitrogens with two attached hydrogens (primary N) is 1. The molecule has 4 rings (SSSR count). The molecule has 14 heteroatoms. The van der Waals surface area contributed by atoms with Crippen molar-refractivity contribution in [1.82, 2.24) is 19.4 Å². The molecule has 3 aromatic heterocycles. The number of anilines is 1. The lowest BCUT2D eigenvalue weighted by Crippen LogP contribution is -2.48. The number of aliphatic hydroxyl groups excluding tert-OH is 1. The zero-order valence-electron chi connectivity index (χ0n) is 19.8. The minimum Gasteiger partial charge on any atom is -0.392 e. The molecule has 0 saturated heterocycles. The molecule has 0 aliphatic rings. The minimum atomic E-state index is -5.69. The number of aromatic nitrogens is 4. The predicted octanol–water partition coefficient (Wildman–Crippen LogP) is 3.75. The monoisotopic (exact) mass is 537 g/mol. The third-order valence-corrected chi connectivity index (χ3v) is 5.90. The summed E-state index contributed by atoms with van der Waals surface area (Å²) in [5.41, 5.74) is 4.95. The number of hydrogen-bond donors (Lipinski definition) is 3. The van der Waals surface area contributed by atoms with Crippen molar-refractivity contribution in [2.24, 2.45) is 0 Å². The normalized spacial score (nSPS) is 13.9. The second-order valence-corrected chi connectivity index (χ2v) is 8.55. The Balaban J connectivity index is 1.80. The summed E-state index contributed by atoms with van der Waals surface area (Å²) >= 11 is 0. The fraction of sp³-hybridized carbons (Fsp3) is 0.250. The Hall–Kier alpha value is -4.17. The molecule has 4 aromatic rings. The van der Waals surface area contributed by atoms with Crippen molar-refractivity contribution in [2.45, 2.75) is 38.3 Å². The maximum atomic E-state index is 14.6. The van der Waals surface area contributed by atoms with Crippen LogP contribution in [0, 0.1) is 6.92 Å². The van der Waals surface area contributed by atoms with Crippen LogP contribution in [-0.4, -0.2) is 47.8 Å². The summed E-state index contributed by atoms with van der Waals surface area (Å²) in [6.45, 7) is 1.91. The number of imidazole rings is 1. The van der Waals surface area contributed by atoms with Gasteiger partial charge in [0.25, 0.3) is 0 Å². The van der Waals surface area contributed by atoms with E-state index in [1.807, 2.05) is 0 Å². The first-order chi connectivity index (χ1) is 17.7. The quantitative estimate of drug-likeness (QED) is 0.250. The van der Waals surface area contributed by atoms with Gasteiger partial charge in [0.2, 0.25) is 0 Å². The number of ether oxygens (including phenoxy) is 1. The van der Waals surface area contributed by atoms with Crippen molar-refractivity contribution in [3.63, 3.8) is 0 Å². The maximum Gasteiger partial charge on any atom is 0.491 e. The summed E-state index contributed by atoms with van der Waals surface area (Å²) < 4.78 is 71.6. The van der Waals surface area contributed by atoms with E-state index < -0.39 is 29.4 Å². The maximum absolute atomic E-state index is 14.6. The third-order valence-electron chi connectivity index (χ3n) is 5.90. The van der Waals surface area contributed by atoms with E-state index in [0.717, 1.165) is 12.1 Å². The number of rotatable bonds is 6. The summed E-state index contributed by atoms with van der Waals surface area (Å²) in [6.07, 6.45) is -6.20. The third kappa shape index (κ3) is 4.75. The standard InChI is InChI=1S/C24H20F5N5O4/c1-12-3-5-14(22(2,37)24(28,29)38-21(36)23(25,26)27)7-16(12)18-9-32-20-19(30)33-17(10-34(18)20)13-4-6-15(11-35)31-8-13/h3-10,35,37H,11H2,1-2H3,(H2,30,33). The Labute approximate surface area is 211 Å². The Kier molecular flexibility index (Phi) is 6.57. The number of carbonyl (C=O) groups excluding carboxylic acids is 1. The molecule has 0 saturated carbocycles. The van der Waals surface area contributed by atoms with Gasteiger partial charge in [0, 0.05) is 23.5 Å². The van der Waals surface area contributed by atoms with Gasteiger partial charge in [0.15, 0.2) is 17.1 Å². The molecule has 0 aliphatic heterocycles. The Morgan fingerprint density at radius 3 is 2.42 bits per heavy atom. The number of aliphatic hydroxyl groups is 2. The van der Waals surface area contributed by atoms with Crippen LogP contribution < -0.4 is 5.73 Å². The van der Waals surface area contributed by atoms with Crippen molar-refractivity contribution in [1.29, 1.82) is 0 Å². The lowest BCUT2D eigenvalue weighted by molar-refractivity contribution is -0.327. The first-order valence-corrected chi connectivity index (χ1v) is 10.9. The lowest BCUT2D eigenvalue weighted by atomic mass is 9.90. The first-order valence-electron chi connectivity index (χ1n) is 10.9. The largest absolute Gasteiger partial charge is 0.491 e. The van der Waals surface area contributed by atoms with Crippen LogP contribution in [0.15, 0.2) is 48.9 Å². The van der Waals surface area contributed by atoms with Crippen LogP contribution in [0.3, 0.4) is 0 Å². The molecular formula is C24H20F5N5O4. The highest BCUT2D eigenvalue weighted by atomic mass is 19.4. The van der Waals surface area contributed by atoms with Crippen LogP contribution in [0.4, 0.5) is 27.8 Å². The summed E-state index contributed by atoms with van der Waals surface area (Å²) in [7, 11) is 0. The molecule has 0 amide bonds. The number of carbonyl (C=O) groups is 1. The molecule has 200 valence electrons. The second-order valence-electron chi connectivity index (χ2n) is 8.55. The molecular weight excluding hydrogens is 517 g/mol.